The van der Waals surface area contributed by atoms with Crippen LogP contribution >= 0.6 is 0 Å². The largest absolute Gasteiger partial charge is 0.459 e. The molecule has 0 unspecified atom stereocenters. The van der Waals surface area contributed by atoms with Crippen molar-refractivity contribution in [3.8, 4) is 5.69 Å². The Kier molecular flexibility index (Phi) is 5.46. The van der Waals surface area contributed by atoms with E-state index in [2.05, 4.69) is 0 Å². The number of carbonyl (C=O) groups is 1. The Morgan fingerprint density at radius 1 is 1.03 bits per heavy atom. The van der Waals surface area contributed by atoms with E-state index in [9.17, 15) is 9.59 Å². The van der Waals surface area contributed by atoms with Crippen LogP contribution in [0, 0.1) is 13.8 Å². The van der Waals surface area contributed by atoms with Crippen LogP contribution in [0.1, 0.15) is 41.0 Å². The van der Waals surface area contributed by atoms with Crippen LogP contribution in [-0.2, 0) is 11.3 Å². The third-order valence-corrected chi connectivity index (χ3v) is 5.17. The van der Waals surface area contributed by atoms with Gasteiger partial charge in [-0.3, -0.25) is 9.36 Å². The fourth-order valence-corrected chi connectivity index (χ4v) is 3.78. The van der Waals surface area contributed by atoms with Gasteiger partial charge in [-0.2, -0.15) is 5.10 Å². The molecule has 0 aliphatic heterocycles. The Morgan fingerprint density at radius 2 is 1.71 bits per heavy atom. The summed E-state index contributed by atoms with van der Waals surface area (Å²) < 4.78 is 8.81. The molecule has 2 aromatic heterocycles. The highest BCUT2D eigenvalue weighted by atomic mass is 16.5. The lowest BCUT2D eigenvalue weighted by Gasteiger charge is -2.13. The molecule has 0 N–H and O–H groups in total. The topological polar surface area (TPSA) is 66.1 Å². The third-order valence-electron chi connectivity index (χ3n) is 5.17. The number of aryl methyl sites for hydroxylation is 2. The van der Waals surface area contributed by atoms with Crippen molar-refractivity contribution in [1.29, 1.82) is 0 Å². The van der Waals surface area contributed by atoms with E-state index in [0.29, 0.717) is 12.1 Å². The lowest BCUT2D eigenvalue weighted by molar-refractivity contribution is 0.0378. The number of pyridine rings is 1. The summed E-state index contributed by atoms with van der Waals surface area (Å²) >= 11 is 0. The maximum absolute atomic E-state index is 13.0. The second-order valence-electron chi connectivity index (χ2n) is 7.93. The van der Waals surface area contributed by atoms with Gasteiger partial charge in [-0.05, 0) is 63.1 Å². The molecule has 4 rings (SSSR count). The summed E-state index contributed by atoms with van der Waals surface area (Å²) in [6.07, 6.45) is -0.173. The fourth-order valence-electron chi connectivity index (χ4n) is 3.78. The van der Waals surface area contributed by atoms with Gasteiger partial charge >= 0.3 is 5.97 Å². The number of para-hydroxylation sites is 1. The molecule has 0 spiro atoms. The monoisotopic (exact) mass is 415 g/mol. The number of carbonyl (C=O) groups excluding carboxylic acids is 1. The average molecular weight is 415 g/mol. The Hall–Kier alpha value is -3.67. The number of hydrogen-bond donors (Lipinski definition) is 0. The quantitative estimate of drug-likeness (QED) is 0.453. The first-order chi connectivity index (χ1) is 14.8. The van der Waals surface area contributed by atoms with Gasteiger partial charge in [0.25, 0.3) is 5.56 Å². The molecule has 0 saturated carbocycles. The van der Waals surface area contributed by atoms with Crippen LogP contribution in [0.25, 0.3) is 16.7 Å². The number of benzene rings is 2. The van der Waals surface area contributed by atoms with Gasteiger partial charge in [-0.15, -0.1) is 0 Å². The first kappa shape index (κ1) is 20.6. The van der Waals surface area contributed by atoms with Crippen LogP contribution in [0.15, 0.2) is 65.5 Å². The molecular weight excluding hydrogens is 390 g/mol. The molecule has 0 radical (unpaired) electrons. The van der Waals surface area contributed by atoms with Gasteiger partial charge in [0.05, 0.1) is 29.6 Å². The Balaban J connectivity index is 1.79. The summed E-state index contributed by atoms with van der Waals surface area (Å²) in [5.41, 5.74) is 4.74. The summed E-state index contributed by atoms with van der Waals surface area (Å²) in [5.74, 6) is -0.353. The van der Waals surface area contributed by atoms with E-state index in [1.54, 1.807) is 22.8 Å². The first-order valence-electron chi connectivity index (χ1n) is 10.3. The molecule has 0 saturated heterocycles. The van der Waals surface area contributed by atoms with Crippen LogP contribution in [0.2, 0.25) is 0 Å². The van der Waals surface area contributed by atoms with Crippen molar-refractivity contribution in [2.24, 2.45) is 0 Å². The predicted molar refractivity (Wildman–Crippen MR) is 121 cm³/mol. The number of nitrogens with zero attached hydrogens (tertiary/aromatic N) is 3. The molecule has 0 aliphatic rings. The van der Waals surface area contributed by atoms with E-state index in [-0.39, 0.29) is 17.6 Å². The molecule has 31 heavy (non-hydrogen) atoms. The van der Waals surface area contributed by atoms with Gasteiger partial charge < -0.3 is 4.74 Å². The first-order valence-corrected chi connectivity index (χ1v) is 10.3. The van der Waals surface area contributed by atoms with Crippen LogP contribution in [0.5, 0.6) is 0 Å². The summed E-state index contributed by atoms with van der Waals surface area (Å²) in [7, 11) is 0. The average Bonchev–Trinajstić information content (AvgIpc) is 3.09. The van der Waals surface area contributed by atoms with Crippen molar-refractivity contribution in [3.05, 3.63) is 93.4 Å². The van der Waals surface area contributed by atoms with Crippen molar-refractivity contribution < 1.29 is 9.53 Å². The van der Waals surface area contributed by atoms with Crippen LogP contribution in [-0.4, -0.2) is 26.4 Å². The number of rotatable bonds is 5. The minimum Gasteiger partial charge on any atom is -0.459 e. The van der Waals surface area contributed by atoms with Crippen molar-refractivity contribution in [1.82, 2.24) is 14.3 Å². The Morgan fingerprint density at radius 3 is 2.35 bits per heavy atom. The normalized spacial score (nSPS) is 11.3. The number of fused-ring (bicyclic) bond motifs is 1. The van der Waals surface area contributed by atoms with Gasteiger partial charge in [0, 0.05) is 11.5 Å². The molecule has 6 nitrogen and oxygen atoms in total. The summed E-state index contributed by atoms with van der Waals surface area (Å²) in [6, 6.07) is 18.6. The molecule has 0 bridgehead atoms. The zero-order chi connectivity index (χ0) is 22.1. The second kappa shape index (κ2) is 8.22. The van der Waals surface area contributed by atoms with Crippen LogP contribution < -0.4 is 5.56 Å². The zero-order valence-corrected chi connectivity index (χ0v) is 18.1. The fraction of sp³-hybridized carbons (Fsp3) is 0.240. The molecule has 0 atom stereocenters. The number of ether oxygens (including phenoxy) is 1. The smallest absolute Gasteiger partial charge is 0.338 e. The van der Waals surface area contributed by atoms with Gasteiger partial charge in [0.15, 0.2) is 0 Å². The Bertz CT molecular complexity index is 1300. The van der Waals surface area contributed by atoms with Crippen molar-refractivity contribution in [2.75, 3.05) is 0 Å². The molecule has 2 aromatic carbocycles. The van der Waals surface area contributed by atoms with E-state index in [1.165, 1.54) is 0 Å². The highest BCUT2D eigenvalue weighted by Crippen LogP contribution is 2.24. The van der Waals surface area contributed by atoms with E-state index < -0.39 is 0 Å². The molecule has 6 heteroatoms. The van der Waals surface area contributed by atoms with Gasteiger partial charge in [-0.25, -0.2) is 9.48 Å². The minimum atomic E-state index is -0.353. The van der Waals surface area contributed by atoms with E-state index in [0.717, 1.165) is 33.5 Å². The predicted octanol–water partition coefficient (Wildman–Crippen LogP) is 4.42. The molecule has 0 amide bonds. The summed E-state index contributed by atoms with van der Waals surface area (Å²) in [6.45, 7) is 7.90. The number of hydrogen-bond acceptors (Lipinski definition) is 4. The molecule has 0 fully saturated rings. The highest BCUT2D eigenvalue weighted by Gasteiger charge is 2.17. The van der Waals surface area contributed by atoms with Crippen molar-refractivity contribution >= 4 is 17.0 Å². The second-order valence-corrected chi connectivity index (χ2v) is 7.93. The summed E-state index contributed by atoms with van der Waals surface area (Å²) in [5, 5.41) is 5.70. The molecular formula is C25H25N3O3. The maximum atomic E-state index is 13.0. The van der Waals surface area contributed by atoms with E-state index in [4.69, 9.17) is 9.84 Å². The number of esters is 1. The van der Waals surface area contributed by atoms with Crippen LogP contribution in [0.4, 0.5) is 0 Å². The molecule has 2 heterocycles. The Labute approximate surface area is 180 Å². The van der Waals surface area contributed by atoms with E-state index in [1.807, 2.05) is 74.8 Å². The van der Waals surface area contributed by atoms with Crippen LogP contribution in [0.3, 0.4) is 0 Å². The highest BCUT2D eigenvalue weighted by molar-refractivity contribution is 5.89. The van der Waals surface area contributed by atoms with Crippen molar-refractivity contribution in [3.63, 3.8) is 0 Å². The third kappa shape index (κ3) is 4.01. The van der Waals surface area contributed by atoms with Gasteiger partial charge in [0.1, 0.15) is 5.65 Å². The SMILES string of the molecule is Cc1cc(=O)n(Cc2ccc(C(=O)OC(C)C)cc2)c2c1c(C)nn2-c1ccccc1. The lowest BCUT2D eigenvalue weighted by Crippen LogP contribution is -2.22. The minimum absolute atomic E-state index is 0.0922. The molecule has 158 valence electrons. The molecule has 4 aromatic rings. The number of aromatic nitrogens is 3. The maximum Gasteiger partial charge on any atom is 0.338 e. The summed E-state index contributed by atoms with van der Waals surface area (Å²) in [4.78, 5) is 25.1. The van der Waals surface area contributed by atoms with E-state index >= 15 is 0 Å². The van der Waals surface area contributed by atoms with Gasteiger partial charge in [0.2, 0.25) is 0 Å². The lowest BCUT2D eigenvalue weighted by atomic mass is 10.1. The standard InChI is InChI=1S/C25H25N3O3/c1-16(2)31-25(30)20-12-10-19(11-13-20)15-27-22(29)14-17(3)23-18(4)26-28(24(23)27)21-8-6-5-7-9-21/h5-14,16H,15H2,1-4H3. The zero-order valence-electron chi connectivity index (χ0n) is 18.1. The van der Waals surface area contributed by atoms with Crippen molar-refractivity contribution in [2.45, 2.75) is 40.3 Å². The molecule has 0 aliphatic carbocycles. The van der Waals surface area contributed by atoms with Gasteiger partial charge in [-0.1, -0.05) is 30.3 Å².